The van der Waals surface area contributed by atoms with E-state index < -0.39 is 21.7 Å². The van der Waals surface area contributed by atoms with Crippen molar-refractivity contribution in [3.05, 3.63) is 53.8 Å². The summed E-state index contributed by atoms with van der Waals surface area (Å²) in [6, 6.07) is 9.53. The standard InChI is InChI=1S/C19H21FN2O5S/c1-26-18-9-8-14(11-16(18)20)28(24,25)22-17-7-3-2-6-15(17)19(23)21-12-13-5-4-10-27-13/h2-3,6-9,11,13,22H,4-5,10,12H2,1H3,(H,21,23)/t13-/m1/s1. The van der Waals surface area contributed by atoms with Crippen molar-refractivity contribution in [1.82, 2.24) is 5.32 Å². The first-order chi connectivity index (χ1) is 13.4. The monoisotopic (exact) mass is 408 g/mol. The van der Waals surface area contributed by atoms with E-state index in [1.54, 1.807) is 12.1 Å². The minimum Gasteiger partial charge on any atom is -0.494 e. The van der Waals surface area contributed by atoms with Gasteiger partial charge in [-0.25, -0.2) is 12.8 Å². The molecule has 2 N–H and O–H groups in total. The molecule has 1 aliphatic rings. The molecule has 3 rings (SSSR count). The summed E-state index contributed by atoms with van der Waals surface area (Å²) >= 11 is 0. The molecule has 28 heavy (non-hydrogen) atoms. The zero-order chi connectivity index (χ0) is 20.1. The van der Waals surface area contributed by atoms with Crippen LogP contribution in [0.15, 0.2) is 47.4 Å². The minimum atomic E-state index is -4.10. The fraction of sp³-hybridized carbons (Fsp3) is 0.316. The lowest BCUT2D eigenvalue weighted by Crippen LogP contribution is -2.32. The van der Waals surface area contributed by atoms with Crippen LogP contribution >= 0.6 is 0 Å². The molecule has 1 aliphatic heterocycles. The van der Waals surface area contributed by atoms with Gasteiger partial charge in [0.25, 0.3) is 15.9 Å². The Hall–Kier alpha value is -2.65. The highest BCUT2D eigenvalue weighted by Crippen LogP contribution is 2.24. The summed E-state index contributed by atoms with van der Waals surface area (Å²) in [5, 5.41) is 2.76. The zero-order valence-corrected chi connectivity index (χ0v) is 16.1. The SMILES string of the molecule is COc1ccc(S(=O)(=O)Nc2ccccc2C(=O)NC[C@H]2CCCO2)cc1F. The summed E-state index contributed by atoms with van der Waals surface area (Å²) in [4.78, 5) is 12.2. The average Bonchev–Trinajstić information content (AvgIpc) is 3.20. The molecule has 1 fully saturated rings. The van der Waals surface area contributed by atoms with E-state index in [0.717, 1.165) is 18.9 Å². The van der Waals surface area contributed by atoms with Gasteiger partial charge in [-0.15, -0.1) is 0 Å². The van der Waals surface area contributed by atoms with Crippen molar-refractivity contribution in [3.63, 3.8) is 0 Å². The third-order valence-corrected chi connectivity index (χ3v) is 5.73. The lowest BCUT2D eigenvalue weighted by molar-refractivity contribution is 0.0858. The second kappa shape index (κ2) is 8.57. The minimum absolute atomic E-state index is 0.0323. The van der Waals surface area contributed by atoms with Crippen LogP contribution in [0.5, 0.6) is 5.75 Å². The maximum Gasteiger partial charge on any atom is 0.262 e. The first kappa shape index (κ1) is 20.1. The molecule has 1 atom stereocenters. The van der Waals surface area contributed by atoms with Crippen LogP contribution in [-0.2, 0) is 14.8 Å². The van der Waals surface area contributed by atoms with E-state index in [1.165, 1.54) is 31.4 Å². The van der Waals surface area contributed by atoms with Crippen molar-refractivity contribution < 1.29 is 27.1 Å². The lowest BCUT2D eigenvalue weighted by atomic mass is 10.1. The van der Waals surface area contributed by atoms with Crippen molar-refractivity contribution in [2.24, 2.45) is 0 Å². The molecule has 9 heteroatoms. The van der Waals surface area contributed by atoms with Crippen molar-refractivity contribution >= 4 is 21.6 Å². The molecule has 2 aromatic rings. The van der Waals surface area contributed by atoms with Gasteiger partial charge >= 0.3 is 0 Å². The van der Waals surface area contributed by atoms with Crippen LogP contribution in [0.2, 0.25) is 0 Å². The first-order valence-corrected chi connectivity index (χ1v) is 10.2. The smallest absolute Gasteiger partial charge is 0.262 e. The molecule has 2 aromatic carbocycles. The van der Waals surface area contributed by atoms with E-state index in [0.29, 0.717) is 13.2 Å². The van der Waals surface area contributed by atoms with E-state index in [1.807, 2.05) is 0 Å². The van der Waals surface area contributed by atoms with Crippen molar-refractivity contribution in [2.45, 2.75) is 23.8 Å². The van der Waals surface area contributed by atoms with Gasteiger partial charge in [0.2, 0.25) is 0 Å². The molecular weight excluding hydrogens is 387 g/mol. The Morgan fingerprint density at radius 2 is 2.07 bits per heavy atom. The summed E-state index contributed by atoms with van der Waals surface area (Å²) in [6.45, 7) is 1.03. The van der Waals surface area contributed by atoms with E-state index in [2.05, 4.69) is 10.0 Å². The summed E-state index contributed by atoms with van der Waals surface area (Å²) < 4.78 is 51.7. The molecule has 0 spiro atoms. The van der Waals surface area contributed by atoms with Gasteiger partial charge in [0, 0.05) is 13.2 Å². The highest BCUT2D eigenvalue weighted by Gasteiger charge is 2.21. The fourth-order valence-corrected chi connectivity index (χ4v) is 3.99. The van der Waals surface area contributed by atoms with E-state index in [4.69, 9.17) is 9.47 Å². The van der Waals surface area contributed by atoms with Crippen LogP contribution in [0, 0.1) is 5.82 Å². The number of halogens is 1. The fourth-order valence-electron chi connectivity index (χ4n) is 2.90. The van der Waals surface area contributed by atoms with E-state index in [-0.39, 0.29) is 28.0 Å². The average molecular weight is 408 g/mol. The van der Waals surface area contributed by atoms with Crippen molar-refractivity contribution in [1.29, 1.82) is 0 Å². The van der Waals surface area contributed by atoms with Crippen LogP contribution in [0.25, 0.3) is 0 Å². The molecule has 150 valence electrons. The Kier molecular flexibility index (Phi) is 6.15. The van der Waals surface area contributed by atoms with Gasteiger partial charge in [-0.3, -0.25) is 9.52 Å². The van der Waals surface area contributed by atoms with Gasteiger partial charge in [-0.2, -0.15) is 0 Å². The molecule has 0 aromatic heterocycles. The highest BCUT2D eigenvalue weighted by atomic mass is 32.2. The Morgan fingerprint density at radius 3 is 2.75 bits per heavy atom. The number of ether oxygens (including phenoxy) is 2. The van der Waals surface area contributed by atoms with Gasteiger partial charge in [0.05, 0.1) is 29.4 Å². The number of carbonyl (C=O) groups is 1. The number of hydrogen-bond acceptors (Lipinski definition) is 5. The van der Waals surface area contributed by atoms with Crippen LogP contribution in [0.3, 0.4) is 0 Å². The highest BCUT2D eigenvalue weighted by molar-refractivity contribution is 7.92. The summed E-state index contributed by atoms with van der Waals surface area (Å²) in [5.41, 5.74) is 0.265. The van der Waals surface area contributed by atoms with Crippen molar-refractivity contribution in [3.8, 4) is 5.75 Å². The number of nitrogens with one attached hydrogen (secondary N) is 2. The summed E-state index contributed by atoms with van der Waals surface area (Å²) in [5.74, 6) is -1.28. The maximum absolute atomic E-state index is 13.9. The van der Waals surface area contributed by atoms with Gasteiger partial charge in [-0.05, 0) is 43.2 Å². The van der Waals surface area contributed by atoms with Gasteiger partial charge in [0.1, 0.15) is 0 Å². The predicted molar refractivity (Wildman–Crippen MR) is 102 cm³/mol. The summed E-state index contributed by atoms with van der Waals surface area (Å²) in [7, 11) is -2.81. The predicted octanol–water partition coefficient (Wildman–Crippen LogP) is 2.54. The largest absolute Gasteiger partial charge is 0.494 e. The second-order valence-electron chi connectivity index (χ2n) is 6.29. The lowest BCUT2D eigenvalue weighted by Gasteiger charge is -2.15. The molecule has 0 aliphatic carbocycles. The zero-order valence-electron chi connectivity index (χ0n) is 15.3. The number of benzene rings is 2. The van der Waals surface area contributed by atoms with Crippen LogP contribution in [-0.4, -0.2) is 40.7 Å². The molecule has 1 saturated heterocycles. The Balaban J connectivity index is 1.78. The van der Waals surface area contributed by atoms with Crippen molar-refractivity contribution in [2.75, 3.05) is 25.0 Å². The van der Waals surface area contributed by atoms with E-state index >= 15 is 0 Å². The number of hydrogen-bond donors (Lipinski definition) is 2. The molecule has 0 radical (unpaired) electrons. The molecule has 1 amide bonds. The number of amides is 1. The molecule has 0 saturated carbocycles. The molecule has 7 nitrogen and oxygen atoms in total. The first-order valence-electron chi connectivity index (χ1n) is 8.76. The Bertz CT molecular complexity index is 959. The number of carbonyl (C=O) groups excluding carboxylic acids is 1. The maximum atomic E-state index is 13.9. The van der Waals surface area contributed by atoms with Gasteiger partial charge in [0.15, 0.2) is 11.6 Å². The number of anilines is 1. The Morgan fingerprint density at radius 1 is 1.29 bits per heavy atom. The van der Waals surface area contributed by atoms with Crippen LogP contribution < -0.4 is 14.8 Å². The Labute approximate surface area is 162 Å². The van der Waals surface area contributed by atoms with E-state index in [9.17, 15) is 17.6 Å². The van der Waals surface area contributed by atoms with Crippen LogP contribution in [0.1, 0.15) is 23.2 Å². The number of para-hydroxylation sites is 1. The molecule has 0 bridgehead atoms. The third kappa shape index (κ3) is 4.60. The topological polar surface area (TPSA) is 93.7 Å². The quantitative estimate of drug-likeness (QED) is 0.734. The molecular formula is C19H21FN2O5S. The third-order valence-electron chi connectivity index (χ3n) is 4.36. The number of sulfonamides is 1. The number of rotatable bonds is 7. The van der Waals surface area contributed by atoms with Gasteiger partial charge in [-0.1, -0.05) is 12.1 Å². The second-order valence-corrected chi connectivity index (χ2v) is 7.97. The normalized spacial score (nSPS) is 16.6. The van der Waals surface area contributed by atoms with Crippen LogP contribution in [0.4, 0.5) is 10.1 Å². The molecule has 0 unspecified atom stereocenters. The number of methoxy groups -OCH3 is 1. The molecule has 1 heterocycles. The summed E-state index contributed by atoms with van der Waals surface area (Å²) in [6.07, 6.45) is 1.79. The van der Waals surface area contributed by atoms with Gasteiger partial charge < -0.3 is 14.8 Å².